The van der Waals surface area contributed by atoms with Gasteiger partial charge in [0.15, 0.2) is 0 Å². The largest absolute Gasteiger partial charge is 0.457 e. The summed E-state index contributed by atoms with van der Waals surface area (Å²) in [5.41, 5.74) is 19.1. The molecule has 0 saturated carbocycles. The van der Waals surface area contributed by atoms with Crippen molar-refractivity contribution >= 4 is 10.8 Å². The highest BCUT2D eigenvalue weighted by Crippen LogP contribution is 2.57. The molecule has 0 spiro atoms. The van der Waals surface area contributed by atoms with E-state index in [0.717, 1.165) is 56.0 Å². The van der Waals surface area contributed by atoms with Crippen molar-refractivity contribution < 1.29 is 9.47 Å². The second-order valence-corrected chi connectivity index (χ2v) is 21.0. The van der Waals surface area contributed by atoms with Crippen LogP contribution in [0.4, 0.5) is 0 Å². The normalized spacial score (nSPS) is 13.0. The average Bonchev–Trinajstić information content (AvgIpc) is 3.58. The number of hydrogen-bond donors (Lipinski definition) is 0. The van der Waals surface area contributed by atoms with Gasteiger partial charge in [-0.15, -0.1) is 0 Å². The summed E-state index contributed by atoms with van der Waals surface area (Å²) < 4.78 is 13.9. The zero-order valence-electron chi connectivity index (χ0n) is 40.6. The molecule has 9 aromatic rings. The van der Waals surface area contributed by atoms with Crippen LogP contribution in [0.2, 0.25) is 0 Å². The summed E-state index contributed by atoms with van der Waals surface area (Å²) in [6.45, 7) is 22.2. The molecule has 1 aliphatic rings. The van der Waals surface area contributed by atoms with Crippen LogP contribution in [0.5, 0.6) is 23.0 Å². The first-order valence-electron chi connectivity index (χ1n) is 23.7. The van der Waals surface area contributed by atoms with Crippen molar-refractivity contribution in [1.29, 1.82) is 0 Å². The van der Waals surface area contributed by atoms with Gasteiger partial charge in [-0.05, 0) is 165 Å². The fourth-order valence-electron chi connectivity index (χ4n) is 10.2. The quantitative estimate of drug-likeness (QED) is 0.151. The second-order valence-electron chi connectivity index (χ2n) is 21.0. The number of hydrogen-bond acceptors (Lipinski definition) is 2. The van der Waals surface area contributed by atoms with Crippen molar-refractivity contribution in [3.8, 4) is 56.4 Å². The third-order valence-electron chi connectivity index (χ3n) is 13.8. The minimum Gasteiger partial charge on any atom is -0.457 e. The summed E-state index contributed by atoms with van der Waals surface area (Å²) in [4.78, 5) is 0. The van der Waals surface area contributed by atoms with Crippen molar-refractivity contribution in [2.24, 2.45) is 0 Å². The van der Waals surface area contributed by atoms with Crippen molar-refractivity contribution in [2.75, 3.05) is 0 Å². The molecule has 0 bridgehead atoms. The van der Waals surface area contributed by atoms with Gasteiger partial charge in [0.25, 0.3) is 0 Å². The van der Waals surface area contributed by atoms with E-state index in [1.165, 1.54) is 66.8 Å². The Hall–Kier alpha value is -7.16. The minimum atomic E-state index is -0.540. The summed E-state index contributed by atoms with van der Waals surface area (Å²) in [5, 5.41) is 1.97. The Labute approximate surface area is 397 Å². The molecule has 10 rings (SSSR count). The Balaban J connectivity index is 1.14. The molecule has 0 N–H and O–H groups in total. The fourth-order valence-corrected chi connectivity index (χ4v) is 10.2. The molecule has 0 heterocycles. The first kappa shape index (κ1) is 43.7. The second kappa shape index (κ2) is 16.6. The van der Waals surface area contributed by atoms with Crippen molar-refractivity contribution in [3.05, 3.63) is 238 Å². The van der Waals surface area contributed by atoms with Crippen LogP contribution in [-0.2, 0) is 16.2 Å². The third-order valence-corrected chi connectivity index (χ3v) is 13.8. The van der Waals surface area contributed by atoms with Crippen LogP contribution in [-0.4, -0.2) is 0 Å². The predicted octanol–water partition coefficient (Wildman–Crippen LogP) is 18.0. The molecule has 67 heavy (non-hydrogen) atoms. The van der Waals surface area contributed by atoms with Crippen molar-refractivity contribution in [1.82, 2.24) is 0 Å². The van der Waals surface area contributed by atoms with Crippen LogP contribution in [0.15, 0.2) is 182 Å². The first-order valence-corrected chi connectivity index (χ1v) is 23.7. The average molecular weight is 873 g/mol. The highest BCUT2D eigenvalue weighted by molar-refractivity contribution is 5.98. The van der Waals surface area contributed by atoms with E-state index in [2.05, 4.69) is 251 Å². The molecule has 0 unspecified atom stereocenters. The van der Waals surface area contributed by atoms with E-state index in [4.69, 9.17) is 9.47 Å². The molecule has 332 valence electrons. The minimum absolute atomic E-state index is 0.0294. The lowest BCUT2D eigenvalue weighted by atomic mass is 9.67. The van der Waals surface area contributed by atoms with Gasteiger partial charge in [0.2, 0.25) is 0 Å². The van der Waals surface area contributed by atoms with Gasteiger partial charge in [-0.2, -0.15) is 0 Å². The molecular formula is C65H60O2. The molecule has 0 radical (unpaired) electrons. The Morgan fingerprint density at radius 1 is 0.343 bits per heavy atom. The number of rotatable bonds is 8. The topological polar surface area (TPSA) is 18.5 Å². The van der Waals surface area contributed by atoms with Gasteiger partial charge in [0.1, 0.15) is 23.0 Å². The molecule has 0 fully saturated rings. The van der Waals surface area contributed by atoms with Gasteiger partial charge in [0.05, 0.1) is 5.41 Å². The van der Waals surface area contributed by atoms with E-state index >= 15 is 0 Å². The van der Waals surface area contributed by atoms with E-state index in [1.54, 1.807) is 0 Å². The number of fused-ring (bicyclic) bond motifs is 4. The van der Waals surface area contributed by atoms with E-state index in [-0.39, 0.29) is 10.8 Å². The lowest BCUT2D eigenvalue weighted by molar-refractivity contribution is 0.482. The molecule has 2 nitrogen and oxygen atoms in total. The zero-order chi connectivity index (χ0) is 46.8. The maximum absolute atomic E-state index is 6.98. The van der Waals surface area contributed by atoms with E-state index in [1.807, 2.05) is 0 Å². The van der Waals surface area contributed by atoms with Crippen LogP contribution >= 0.6 is 0 Å². The fraction of sp³-hybridized carbons (Fsp3) is 0.200. The molecule has 0 atom stereocenters. The lowest BCUT2D eigenvalue weighted by Crippen LogP contribution is -2.29. The van der Waals surface area contributed by atoms with E-state index in [9.17, 15) is 0 Å². The van der Waals surface area contributed by atoms with Gasteiger partial charge in [-0.1, -0.05) is 186 Å². The van der Waals surface area contributed by atoms with Crippen LogP contribution in [0, 0.1) is 27.7 Å². The van der Waals surface area contributed by atoms with E-state index < -0.39 is 5.41 Å². The van der Waals surface area contributed by atoms with Crippen molar-refractivity contribution in [2.45, 2.75) is 85.5 Å². The Morgan fingerprint density at radius 2 is 0.791 bits per heavy atom. The lowest BCUT2D eigenvalue weighted by Gasteiger charge is -2.34. The highest BCUT2D eigenvalue weighted by atomic mass is 16.5. The molecule has 2 heteroatoms. The number of ether oxygens (including phenoxy) is 2. The van der Waals surface area contributed by atoms with Crippen molar-refractivity contribution in [3.63, 3.8) is 0 Å². The van der Waals surface area contributed by atoms with Crippen LogP contribution in [0.25, 0.3) is 44.2 Å². The zero-order valence-corrected chi connectivity index (χ0v) is 40.6. The molecule has 1 aliphatic carbocycles. The molecule has 0 amide bonds. The van der Waals surface area contributed by atoms with Gasteiger partial charge in [0, 0.05) is 10.8 Å². The summed E-state index contributed by atoms with van der Waals surface area (Å²) in [6.07, 6.45) is 0. The van der Waals surface area contributed by atoms with E-state index in [0.29, 0.717) is 0 Å². The summed E-state index contributed by atoms with van der Waals surface area (Å²) in [5.74, 6) is 3.13. The molecular weight excluding hydrogens is 813 g/mol. The van der Waals surface area contributed by atoms with Crippen LogP contribution in [0.1, 0.15) is 97.2 Å². The molecule has 0 aliphatic heterocycles. The maximum Gasteiger partial charge on any atom is 0.136 e. The molecule has 9 aromatic carbocycles. The summed E-state index contributed by atoms with van der Waals surface area (Å²) >= 11 is 0. The highest BCUT2D eigenvalue weighted by Gasteiger charge is 2.46. The summed E-state index contributed by atoms with van der Waals surface area (Å²) in [6, 6.07) is 67.1. The van der Waals surface area contributed by atoms with Crippen LogP contribution < -0.4 is 9.47 Å². The van der Waals surface area contributed by atoms with Crippen LogP contribution in [0.3, 0.4) is 0 Å². The Morgan fingerprint density at radius 3 is 1.34 bits per heavy atom. The smallest absolute Gasteiger partial charge is 0.136 e. The predicted molar refractivity (Wildman–Crippen MR) is 282 cm³/mol. The number of benzene rings is 9. The Bertz CT molecular complexity index is 3270. The maximum atomic E-state index is 6.98. The standard InChI is InChI=1S/C65H60O2/c1-41-13-11-15-51(33-41)65(52-16-12-14-42(2)34-52)59-36-43(3)17-31-55(59)56-32-22-47(39-60(56)65)48-38-58-57(62(40-48)67-54-29-25-50(26-30-54)64(8,9)10)35-44(4)37-61(58)66-53-27-20-46(21-28-53)45-18-23-49(24-19-45)63(5,6)7/h11-40H,1-10H3. The number of aryl methyl sites for hydroxylation is 4. The molecule has 0 saturated heterocycles. The monoisotopic (exact) mass is 872 g/mol. The SMILES string of the molecule is Cc1cccc(C2(c3cccc(C)c3)c3cc(C)ccc3-c3ccc(-c4cc(Oc5ccc(C(C)(C)C)cc5)c5cc(C)cc(Oc6ccc(-c7ccc(C(C)(C)C)cc7)cc6)c5c4)cc32)c1. The van der Waals surface area contributed by atoms with Gasteiger partial charge in [-0.25, -0.2) is 0 Å². The first-order chi connectivity index (χ1) is 32.0. The third kappa shape index (κ3) is 8.14. The van der Waals surface area contributed by atoms with Gasteiger partial charge >= 0.3 is 0 Å². The van der Waals surface area contributed by atoms with Gasteiger partial charge in [-0.3, -0.25) is 0 Å². The van der Waals surface area contributed by atoms with Gasteiger partial charge < -0.3 is 9.47 Å². The Kier molecular flexibility index (Phi) is 10.8. The molecule has 0 aromatic heterocycles. The summed E-state index contributed by atoms with van der Waals surface area (Å²) in [7, 11) is 0.